The van der Waals surface area contributed by atoms with Crippen LogP contribution >= 0.6 is 0 Å². The molecule has 1 heterocycles. The molecule has 1 aromatic carbocycles. The van der Waals surface area contributed by atoms with Crippen molar-refractivity contribution in [3.05, 3.63) is 46.7 Å². The summed E-state index contributed by atoms with van der Waals surface area (Å²) in [6.07, 6.45) is 1.96. The molecule has 7 heteroatoms. The fourth-order valence-electron chi connectivity index (χ4n) is 1.74. The largest absolute Gasteiger partial charge is 0.366 e. The van der Waals surface area contributed by atoms with Crippen LogP contribution in [0.2, 0.25) is 0 Å². The van der Waals surface area contributed by atoms with Crippen molar-refractivity contribution in [2.45, 2.75) is 6.42 Å². The molecule has 0 aliphatic carbocycles. The summed E-state index contributed by atoms with van der Waals surface area (Å²) in [5, 5.41) is 8.69. The van der Waals surface area contributed by atoms with Gasteiger partial charge in [0.25, 0.3) is 5.91 Å². The van der Waals surface area contributed by atoms with Crippen LogP contribution in [0.25, 0.3) is 0 Å². The van der Waals surface area contributed by atoms with Gasteiger partial charge in [0, 0.05) is 17.5 Å². The van der Waals surface area contributed by atoms with E-state index in [1.54, 1.807) is 11.6 Å². The minimum absolute atomic E-state index is 0.226. The second-order valence-corrected chi connectivity index (χ2v) is 3.89. The van der Waals surface area contributed by atoms with Gasteiger partial charge in [-0.05, 0) is 29.8 Å². The number of hydrogen-bond donors (Lipinski definition) is 3. The predicted octanol–water partition coefficient (Wildman–Crippen LogP) is 0.293. The molecule has 7 nitrogen and oxygen atoms in total. The van der Waals surface area contributed by atoms with E-state index in [0.29, 0.717) is 17.9 Å². The molecular weight excluding hydrogens is 252 g/mol. The van der Waals surface area contributed by atoms with Gasteiger partial charge >= 0.3 is 0 Å². The third kappa shape index (κ3) is 2.90. The first-order valence-electron chi connectivity index (χ1n) is 5.47. The zero-order chi connectivity index (χ0) is 13.8. The first-order chi connectivity index (χ1) is 9.11. The molecule has 0 fully saturated rings. The lowest BCUT2D eigenvalue weighted by molar-refractivity contribution is -0.234. The van der Waals surface area contributed by atoms with Crippen LogP contribution in [0.1, 0.15) is 26.3 Å². The molecule has 1 aliphatic heterocycles. The van der Waals surface area contributed by atoms with Crippen molar-refractivity contribution >= 4 is 11.8 Å². The Kier molecular flexibility index (Phi) is 3.79. The lowest BCUT2D eigenvalue weighted by Crippen LogP contribution is -2.21. The summed E-state index contributed by atoms with van der Waals surface area (Å²) in [4.78, 5) is 32.2. The van der Waals surface area contributed by atoms with E-state index in [4.69, 9.17) is 20.7 Å². The Morgan fingerprint density at radius 2 is 2.21 bits per heavy atom. The molecule has 0 spiro atoms. The molecule has 0 bridgehead atoms. The minimum atomic E-state index is -0.675. The van der Waals surface area contributed by atoms with Gasteiger partial charge in [-0.15, -0.1) is 0 Å². The standard InChI is InChI=1S/C12H12N2O5/c13-11(15)7-1-2-10(12(16)14-17)8(5-7)6-9-3-4-18-19-9/h1-3,5,17H,4,6H2,(H2,13,15)(H,14,16). The maximum atomic E-state index is 11.5. The van der Waals surface area contributed by atoms with Gasteiger partial charge in [-0.1, -0.05) is 0 Å². The maximum absolute atomic E-state index is 11.5. The summed E-state index contributed by atoms with van der Waals surface area (Å²) in [6, 6.07) is 4.31. The van der Waals surface area contributed by atoms with Crippen molar-refractivity contribution in [2.75, 3.05) is 6.61 Å². The van der Waals surface area contributed by atoms with Gasteiger partial charge in [0.15, 0.2) is 0 Å². The van der Waals surface area contributed by atoms with Crippen LogP contribution in [-0.4, -0.2) is 23.6 Å². The van der Waals surface area contributed by atoms with Crippen molar-refractivity contribution in [2.24, 2.45) is 5.73 Å². The van der Waals surface area contributed by atoms with E-state index in [2.05, 4.69) is 0 Å². The summed E-state index contributed by atoms with van der Waals surface area (Å²) >= 11 is 0. The highest BCUT2D eigenvalue weighted by molar-refractivity contribution is 5.98. The lowest BCUT2D eigenvalue weighted by Gasteiger charge is -2.09. The van der Waals surface area contributed by atoms with E-state index in [1.807, 2.05) is 0 Å². The van der Waals surface area contributed by atoms with E-state index >= 15 is 0 Å². The molecule has 1 aliphatic rings. The SMILES string of the molecule is NC(=O)c1ccc(C(=O)NO)c(CC2=CCOO2)c1. The Labute approximate surface area is 108 Å². The molecule has 1 aromatic rings. The highest BCUT2D eigenvalue weighted by atomic mass is 17.2. The van der Waals surface area contributed by atoms with E-state index in [0.717, 1.165) is 0 Å². The van der Waals surface area contributed by atoms with Crippen molar-refractivity contribution in [3.63, 3.8) is 0 Å². The average molecular weight is 264 g/mol. The molecule has 0 atom stereocenters. The first-order valence-corrected chi connectivity index (χ1v) is 5.47. The van der Waals surface area contributed by atoms with Crippen LogP contribution in [0.15, 0.2) is 30.0 Å². The Balaban J connectivity index is 2.37. The summed E-state index contributed by atoms with van der Waals surface area (Å²) in [5.74, 6) is -0.756. The summed E-state index contributed by atoms with van der Waals surface area (Å²) in [6.45, 7) is 0.326. The Morgan fingerprint density at radius 3 is 2.79 bits per heavy atom. The quantitative estimate of drug-likeness (QED) is 0.411. The lowest BCUT2D eigenvalue weighted by atomic mass is 9.99. The number of primary amides is 1. The first kappa shape index (κ1) is 13.1. The van der Waals surface area contributed by atoms with Crippen LogP contribution in [0.5, 0.6) is 0 Å². The molecule has 2 rings (SSSR count). The number of hydroxylamine groups is 1. The molecular formula is C12H12N2O5. The zero-order valence-electron chi connectivity index (χ0n) is 9.88. The van der Waals surface area contributed by atoms with Gasteiger partial charge in [-0.3, -0.25) is 14.8 Å². The maximum Gasteiger partial charge on any atom is 0.274 e. The molecule has 0 unspecified atom stereocenters. The van der Waals surface area contributed by atoms with Gasteiger partial charge in [-0.25, -0.2) is 5.48 Å². The number of carbonyl (C=O) groups is 2. The van der Waals surface area contributed by atoms with Crippen LogP contribution in [0.3, 0.4) is 0 Å². The van der Waals surface area contributed by atoms with Crippen molar-refractivity contribution in [1.29, 1.82) is 0 Å². The smallest absolute Gasteiger partial charge is 0.274 e. The Hall–Kier alpha value is -2.38. The van der Waals surface area contributed by atoms with Crippen molar-refractivity contribution < 1.29 is 24.6 Å². The monoisotopic (exact) mass is 264 g/mol. The van der Waals surface area contributed by atoms with E-state index in [9.17, 15) is 9.59 Å². The van der Waals surface area contributed by atoms with Crippen LogP contribution in [-0.2, 0) is 16.2 Å². The Morgan fingerprint density at radius 1 is 1.42 bits per heavy atom. The molecule has 19 heavy (non-hydrogen) atoms. The van der Waals surface area contributed by atoms with Crippen LogP contribution < -0.4 is 11.2 Å². The fourth-order valence-corrected chi connectivity index (χ4v) is 1.74. The van der Waals surface area contributed by atoms with Gasteiger partial charge in [0.2, 0.25) is 5.91 Å². The normalized spacial score (nSPS) is 13.6. The number of nitrogens with two attached hydrogens (primary N) is 1. The third-order valence-electron chi connectivity index (χ3n) is 2.65. The Bertz CT molecular complexity index is 553. The second kappa shape index (κ2) is 5.51. The number of benzene rings is 1. The number of amides is 2. The molecule has 0 aromatic heterocycles. The van der Waals surface area contributed by atoms with Gasteiger partial charge in [-0.2, -0.15) is 4.89 Å². The highest BCUT2D eigenvalue weighted by Gasteiger charge is 2.17. The van der Waals surface area contributed by atoms with E-state index < -0.39 is 11.8 Å². The summed E-state index contributed by atoms with van der Waals surface area (Å²) in [5.41, 5.74) is 7.73. The molecule has 4 N–H and O–H groups in total. The van der Waals surface area contributed by atoms with Gasteiger partial charge in [0.05, 0.1) is 0 Å². The second-order valence-electron chi connectivity index (χ2n) is 3.89. The molecule has 0 saturated heterocycles. The van der Waals surface area contributed by atoms with Crippen molar-refractivity contribution in [1.82, 2.24) is 5.48 Å². The number of hydrogen-bond acceptors (Lipinski definition) is 5. The third-order valence-corrected chi connectivity index (χ3v) is 2.65. The van der Waals surface area contributed by atoms with Crippen LogP contribution in [0.4, 0.5) is 0 Å². The van der Waals surface area contributed by atoms with Gasteiger partial charge in [0.1, 0.15) is 12.4 Å². The number of nitrogens with one attached hydrogen (secondary N) is 1. The predicted molar refractivity (Wildman–Crippen MR) is 63.0 cm³/mol. The molecule has 0 saturated carbocycles. The topological polar surface area (TPSA) is 111 Å². The highest BCUT2D eigenvalue weighted by Crippen LogP contribution is 2.19. The molecule has 2 amide bonds. The zero-order valence-corrected chi connectivity index (χ0v) is 9.88. The van der Waals surface area contributed by atoms with Gasteiger partial charge < -0.3 is 10.6 Å². The average Bonchev–Trinajstić information content (AvgIpc) is 2.90. The number of carbonyl (C=O) groups excluding carboxylic acids is 2. The van der Waals surface area contributed by atoms with E-state index in [-0.39, 0.29) is 17.5 Å². The van der Waals surface area contributed by atoms with E-state index in [1.165, 1.54) is 18.2 Å². The summed E-state index contributed by atoms with van der Waals surface area (Å²) in [7, 11) is 0. The fraction of sp³-hybridized carbons (Fsp3) is 0.167. The minimum Gasteiger partial charge on any atom is -0.366 e. The summed E-state index contributed by atoms with van der Waals surface area (Å²) < 4.78 is 0. The van der Waals surface area contributed by atoms with Crippen molar-refractivity contribution in [3.8, 4) is 0 Å². The molecule has 0 radical (unpaired) electrons. The molecule has 100 valence electrons. The number of rotatable bonds is 4. The van der Waals surface area contributed by atoms with Crippen LogP contribution in [0, 0.1) is 0 Å². The number of allylic oxidation sites excluding steroid dienone is 1.